The van der Waals surface area contributed by atoms with Crippen molar-refractivity contribution in [1.82, 2.24) is 24.3 Å². The van der Waals surface area contributed by atoms with Crippen LogP contribution in [-0.4, -0.2) is 30.2 Å². The Morgan fingerprint density at radius 2 is 1.97 bits per heavy atom. The smallest absolute Gasteiger partial charge is 0.325 e. The number of nitrogens with one attached hydrogen (secondary N) is 2. The summed E-state index contributed by atoms with van der Waals surface area (Å²) in [4.78, 5) is 29.7. The number of fused-ring (bicyclic) bond motifs is 1. The second kappa shape index (κ2) is 6.73. The molecule has 0 aliphatic heterocycles. The van der Waals surface area contributed by atoms with Crippen LogP contribution in [0.5, 0.6) is 0 Å². The molecule has 29 heavy (non-hydrogen) atoms. The Balaban J connectivity index is 1.36. The zero-order valence-electron chi connectivity index (χ0n) is 15.9. The van der Waals surface area contributed by atoms with Crippen molar-refractivity contribution in [2.75, 3.05) is 5.32 Å². The number of anilines is 1. The largest absolute Gasteiger partial charge is 0.329 e. The molecule has 1 saturated carbocycles. The second-order valence-corrected chi connectivity index (χ2v) is 7.36. The lowest BCUT2D eigenvalue weighted by molar-refractivity contribution is -0.116. The number of para-hydroxylation sites is 2. The minimum absolute atomic E-state index is 0.0586. The van der Waals surface area contributed by atoms with E-state index >= 15 is 0 Å². The molecule has 2 heterocycles. The molecule has 0 bridgehead atoms. The number of hydrogen-bond acceptors (Lipinski definition) is 4. The van der Waals surface area contributed by atoms with Crippen molar-refractivity contribution >= 4 is 22.6 Å². The number of rotatable bonds is 5. The summed E-state index contributed by atoms with van der Waals surface area (Å²) < 4.78 is 3.02. The minimum atomic E-state index is -0.269. The summed E-state index contributed by atoms with van der Waals surface area (Å²) in [7, 11) is 1.70. The van der Waals surface area contributed by atoms with Crippen molar-refractivity contribution in [2.24, 2.45) is 7.05 Å². The van der Waals surface area contributed by atoms with Gasteiger partial charge in [0.05, 0.1) is 11.0 Å². The molecule has 5 rings (SSSR count). The van der Waals surface area contributed by atoms with E-state index in [0.717, 1.165) is 35.3 Å². The Kier molecular flexibility index (Phi) is 4.04. The molecule has 0 spiro atoms. The van der Waals surface area contributed by atoms with Gasteiger partial charge >= 0.3 is 5.69 Å². The third-order valence-electron chi connectivity index (χ3n) is 5.22. The van der Waals surface area contributed by atoms with Crippen LogP contribution in [0.3, 0.4) is 0 Å². The average molecular weight is 388 g/mol. The van der Waals surface area contributed by atoms with E-state index < -0.39 is 0 Å². The van der Waals surface area contributed by atoms with Gasteiger partial charge in [0.2, 0.25) is 5.91 Å². The summed E-state index contributed by atoms with van der Waals surface area (Å²) in [6.07, 6.45) is 2.30. The molecular formula is C21H20N6O2. The van der Waals surface area contributed by atoms with Crippen LogP contribution in [0.15, 0.2) is 53.3 Å². The van der Waals surface area contributed by atoms with E-state index in [1.54, 1.807) is 11.6 Å². The third kappa shape index (κ3) is 3.22. The fourth-order valence-corrected chi connectivity index (χ4v) is 3.54. The molecule has 8 nitrogen and oxygen atoms in total. The van der Waals surface area contributed by atoms with Crippen LogP contribution >= 0.6 is 0 Å². The summed E-state index contributed by atoms with van der Waals surface area (Å²) in [5, 5.41) is 10.2. The van der Waals surface area contributed by atoms with Crippen molar-refractivity contribution in [3.05, 3.63) is 64.8 Å². The quantitative estimate of drug-likeness (QED) is 0.549. The van der Waals surface area contributed by atoms with Crippen LogP contribution in [-0.2, 0) is 18.4 Å². The van der Waals surface area contributed by atoms with E-state index in [2.05, 4.69) is 20.5 Å². The Labute approximate surface area is 166 Å². The average Bonchev–Trinajstić information content (AvgIpc) is 3.42. The molecule has 2 aromatic carbocycles. The molecule has 2 aromatic heterocycles. The third-order valence-corrected chi connectivity index (χ3v) is 5.22. The highest BCUT2D eigenvalue weighted by Gasteiger charge is 2.27. The van der Waals surface area contributed by atoms with Gasteiger partial charge in [0.15, 0.2) is 5.82 Å². The second-order valence-electron chi connectivity index (χ2n) is 7.36. The monoisotopic (exact) mass is 388 g/mol. The molecule has 0 saturated heterocycles. The number of imidazole rings is 1. The van der Waals surface area contributed by atoms with Gasteiger partial charge in [-0.3, -0.25) is 19.0 Å². The molecule has 0 unspecified atom stereocenters. The number of benzene rings is 2. The number of nitrogens with zero attached hydrogens (tertiary/aromatic N) is 4. The van der Waals surface area contributed by atoms with Crippen molar-refractivity contribution in [1.29, 1.82) is 0 Å². The van der Waals surface area contributed by atoms with Crippen LogP contribution in [0.25, 0.3) is 22.4 Å². The van der Waals surface area contributed by atoms with Gasteiger partial charge in [-0.2, -0.15) is 5.10 Å². The number of aryl methyl sites for hydroxylation is 1. The maximum Gasteiger partial charge on any atom is 0.329 e. The van der Waals surface area contributed by atoms with E-state index in [1.165, 1.54) is 4.57 Å². The molecule has 0 atom stereocenters. The molecule has 146 valence electrons. The topological polar surface area (TPSA) is 97.6 Å². The number of carbonyl (C=O) groups is 1. The Morgan fingerprint density at radius 1 is 1.17 bits per heavy atom. The Bertz CT molecular complexity index is 1280. The molecule has 1 aliphatic rings. The lowest BCUT2D eigenvalue weighted by Crippen LogP contribution is -2.28. The van der Waals surface area contributed by atoms with Gasteiger partial charge in [0.1, 0.15) is 12.4 Å². The number of carbonyl (C=O) groups excluding carboxylic acids is 1. The SMILES string of the molecule is Cn1c(=O)n(CC(=O)Nc2cccc(-c3n[nH]c(C4CC4)n3)c2)c2ccccc21. The van der Waals surface area contributed by atoms with Crippen molar-refractivity contribution in [2.45, 2.75) is 25.3 Å². The first-order valence-corrected chi connectivity index (χ1v) is 9.57. The number of aromatic amines is 1. The highest BCUT2D eigenvalue weighted by molar-refractivity contribution is 5.92. The first kappa shape index (κ1) is 17.4. The normalized spacial score (nSPS) is 13.7. The van der Waals surface area contributed by atoms with E-state index in [4.69, 9.17) is 0 Å². The lowest BCUT2D eigenvalue weighted by Gasteiger charge is -2.07. The summed E-state index contributed by atoms with van der Waals surface area (Å²) in [6.45, 7) is -0.0586. The first-order valence-electron chi connectivity index (χ1n) is 9.57. The number of hydrogen-bond donors (Lipinski definition) is 2. The lowest BCUT2D eigenvalue weighted by atomic mass is 10.2. The van der Waals surface area contributed by atoms with Crippen LogP contribution < -0.4 is 11.0 Å². The highest BCUT2D eigenvalue weighted by atomic mass is 16.2. The molecular weight excluding hydrogens is 368 g/mol. The summed E-state index contributed by atoms with van der Waals surface area (Å²) in [5.41, 5.74) is 2.77. The standard InChI is InChI=1S/C21H20N6O2/c1-26-16-7-2-3-8-17(16)27(21(26)29)12-18(28)22-15-6-4-5-14(11-15)20-23-19(24-25-20)13-9-10-13/h2-8,11,13H,9-10,12H2,1H3,(H,22,28)(H,23,24,25). The fraction of sp³-hybridized carbons (Fsp3) is 0.238. The van der Waals surface area contributed by atoms with Crippen LogP contribution in [0.1, 0.15) is 24.6 Å². The maximum absolute atomic E-state index is 12.6. The predicted octanol–water partition coefficient (Wildman–Crippen LogP) is 2.64. The first-order chi connectivity index (χ1) is 14.1. The number of amides is 1. The molecule has 8 heteroatoms. The zero-order valence-corrected chi connectivity index (χ0v) is 15.9. The van der Waals surface area contributed by atoms with Crippen LogP contribution in [0.4, 0.5) is 5.69 Å². The predicted molar refractivity (Wildman–Crippen MR) is 110 cm³/mol. The minimum Gasteiger partial charge on any atom is -0.325 e. The number of H-pyrrole nitrogens is 1. The van der Waals surface area contributed by atoms with Gasteiger partial charge in [-0.05, 0) is 37.1 Å². The van der Waals surface area contributed by atoms with Crippen molar-refractivity contribution in [3.8, 4) is 11.4 Å². The molecule has 0 radical (unpaired) electrons. The Hall–Kier alpha value is -3.68. The van der Waals surface area contributed by atoms with Crippen LogP contribution in [0.2, 0.25) is 0 Å². The van der Waals surface area contributed by atoms with E-state index in [9.17, 15) is 9.59 Å². The van der Waals surface area contributed by atoms with E-state index in [0.29, 0.717) is 17.4 Å². The van der Waals surface area contributed by atoms with Gasteiger partial charge in [-0.25, -0.2) is 9.78 Å². The van der Waals surface area contributed by atoms with Crippen molar-refractivity contribution < 1.29 is 4.79 Å². The summed E-state index contributed by atoms with van der Waals surface area (Å²) >= 11 is 0. The summed E-state index contributed by atoms with van der Waals surface area (Å²) in [5.74, 6) is 1.77. The molecule has 1 aliphatic carbocycles. The molecule has 2 N–H and O–H groups in total. The number of aromatic nitrogens is 5. The van der Waals surface area contributed by atoms with Gasteiger partial charge in [-0.1, -0.05) is 24.3 Å². The molecule has 1 amide bonds. The molecule has 4 aromatic rings. The van der Waals surface area contributed by atoms with E-state index in [-0.39, 0.29) is 18.1 Å². The van der Waals surface area contributed by atoms with Crippen LogP contribution in [0, 0.1) is 0 Å². The Morgan fingerprint density at radius 3 is 2.76 bits per heavy atom. The van der Waals surface area contributed by atoms with Gasteiger partial charge in [-0.15, -0.1) is 0 Å². The zero-order chi connectivity index (χ0) is 20.0. The van der Waals surface area contributed by atoms with E-state index in [1.807, 2.05) is 48.5 Å². The maximum atomic E-state index is 12.6. The fourth-order valence-electron chi connectivity index (χ4n) is 3.54. The van der Waals surface area contributed by atoms with Crippen molar-refractivity contribution in [3.63, 3.8) is 0 Å². The summed E-state index contributed by atoms with van der Waals surface area (Å²) in [6, 6.07) is 14.8. The van der Waals surface area contributed by atoms with Gasteiger partial charge in [0, 0.05) is 24.2 Å². The highest BCUT2D eigenvalue weighted by Crippen LogP contribution is 2.38. The van der Waals surface area contributed by atoms with Gasteiger partial charge < -0.3 is 5.32 Å². The molecule has 1 fully saturated rings. The van der Waals surface area contributed by atoms with Gasteiger partial charge in [0.25, 0.3) is 0 Å².